The van der Waals surface area contributed by atoms with Crippen molar-refractivity contribution in [2.75, 3.05) is 0 Å². The van der Waals surface area contributed by atoms with E-state index < -0.39 is 69.5 Å². The summed E-state index contributed by atoms with van der Waals surface area (Å²) in [5.41, 5.74) is -6.54. The van der Waals surface area contributed by atoms with Crippen molar-refractivity contribution in [1.29, 1.82) is 0 Å². The summed E-state index contributed by atoms with van der Waals surface area (Å²) in [7, 11) is 0. The molecule has 3 aromatic carbocycles. The summed E-state index contributed by atoms with van der Waals surface area (Å²) < 4.78 is 163. The van der Waals surface area contributed by atoms with Gasteiger partial charge in [0.15, 0.2) is 0 Å². The molecule has 206 valence electrons. The number of alkyl halides is 12. The van der Waals surface area contributed by atoms with Crippen LogP contribution in [-0.4, -0.2) is 0 Å². The highest BCUT2D eigenvalue weighted by Gasteiger charge is 2.50. The summed E-state index contributed by atoms with van der Waals surface area (Å²) >= 11 is 6.79. The van der Waals surface area contributed by atoms with Gasteiger partial charge in [-0.15, -0.1) is 0 Å². The molecule has 0 aliphatic rings. The zero-order valence-corrected chi connectivity index (χ0v) is 20.7. The minimum absolute atomic E-state index is 0.119. The van der Waals surface area contributed by atoms with Gasteiger partial charge in [-0.1, -0.05) is 0 Å². The van der Waals surface area contributed by atoms with Crippen molar-refractivity contribution >= 4 is 33.8 Å². The first kappa shape index (κ1) is 30.1. The van der Waals surface area contributed by atoms with Gasteiger partial charge in [0, 0.05) is 0 Å². The van der Waals surface area contributed by atoms with Crippen molar-refractivity contribution in [2.45, 2.75) is 38.6 Å². The highest BCUT2D eigenvalue weighted by atomic mass is 35.7. The molecule has 0 nitrogen and oxygen atoms in total. The van der Waals surface area contributed by atoms with Crippen LogP contribution < -0.4 is 15.9 Å². The second-order valence-electron chi connectivity index (χ2n) is 8.46. The van der Waals surface area contributed by atoms with Gasteiger partial charge in [-0.2, -0.15) is 52.7 Å². The molecule has 0 fully saturated rings. The first-order valence-electron chi connectivity index (χ1n) is 10.3. The lowest BCUT2D eigenvalue weighted by molar-refractivity contribution is -0.143. The number of benzene rings is 3. The smallest absolute Gasteiger partial charge is 0.166 e. The van der Waals surface area contributed by atoms with Crippen molar-refractivity contribution < 1.29 is 52.7 Å². The number of hydrogen-bond acceptors (Lipinski definition) is 0. The third-order valence-corrected chi connectivity index (χ3v) is 10.1. The lowest BCUT2D eigenvalue weighted by Crippen LogP contribution is -2.31. The molecule has 0 aromatic heterocycles. The molecule has 0 saturated heterocycles. The van der Waals surface area contributed by atoms with E-state index in [2.05, 4.69) is 0 Å². The summed E-state index contributed by atoms with van der Waals surface area (Å²) in [6.07, 6.45) is -20.7. The summed E-state index contributed by atoms with van der Waals surface area (Å²) in [6, 6.07) is 4.42. The average Bonchev–Trinajstić information content (AvgIpc) is 2.75. The van der Waals surface area contributed by atoms with Gasteiger partial charge in [0.2, 0.25) is 6.62 Å². The Morgan fingerprint density at radius 2 is 0.658 bits per heavy atom. The molecular weight excluding hydrogens is 583 g/mol. The Hall–Kier alpha value is -2.46. The van der Waals surface area contributed by atoms with Crippen molar-refractivity contribution in [2.24, 2.45) is 0 Å². The van der Waals surface area contributed by atoms with E-state index in [1.54, 1.807) is 0 Å². The second kappa shape index (κ2) is 9.62. The van der Waals surface area contributed by atoms with E-state index >= 15 is 0 Å². The van der Waals surface area contributed by atoms with E-state index in [0.717, 1.165) is 12.1 Å². The highest BCUT2D eigenvalue weighted by Crippen LogP contribution is 2.62. The van der Waals surface area contributed by atoms with Gasteiger partial charge in [0.1, 0.15) is 27.2 Å². The highest BCUT2D eigenvalue weighted by molar-refractivity contribution is 8.15. The molecule has 0 radical (unpaired) electrons. The summed E-state index contributed by atoms with van der Waals surface area (Å²) in [6.45, 7) is -2.15. The third kappa shape index (κ3) is 6.22. The van der Waals surface area contributed by atoms with Crippen LogP contribution >= 0.6 is 17.9 Å². The van der Waals surface area contributed by atoms with Gasteiger partial charge in [0.25, 0.3) is 0 Å². The van der Waals surface area contributed by atoms with Crippen LogP contribution in [0.1, 0.15) is 33.4 Å². The first-order valence-corrected chi connectivity index (χ1v) is 13.0. The molecule has 0 N–H and O–H groups in total. The molecule has 0 unspecified atom stereocenters. The number of hydrogen-bond donors (Lipinski definition) is 0. The third-order valence-electron chi connectivity index (χ3n) is 5.42. The molecule has 0 amide bonds. The molecule has 14 heteroatoms. The van der Waals surface area contributed by atoms with Gasteiger partial charge >= 0.3 is 24.7 Å². The topological polar surface area (TPSA) is 0 Å². The molecular formula is C24H15ClF12P+. The average molecular weight is 598 g/mol. The molecule has 0 saturated carbocycles. The molecule has 0 atom stereocenters. The van der Waals surface area contributed by atoms with Gasteiger partial charge in [-0.3, -0.25) is 0 Å². The van der Waals surface area contributed by atoms with E-state index in [-0.39, 0.29) is 29.3 Å². The normalized spacial score (nSPS) is 13.7. The Kier molecular flexibility index (Phi) is 7.62. The zero-order valence-electron chi connectivity index (χ0n) is 19.1. The SMILES string of the molecule is Cc1cc(C(F)(F)F)cc([P+](Cl)(c2cc(C)cc(C(F)(F)F)c2)c2cc(C(F)(F)F)cc(C(F)(F)F)c2)c1. The van der Waals surface area contributed by atoms with E-state index in [1.165, 1.54) is 13.8 Å². The van der Waals surface area contributed by atoms with Crippen LogP contribution in [0.4, 0.5) is 52.7 Å². The first-order chi connectivity index (χ1) is 17.0. The number of rotatable bonds is 3. The quantitative estimate of drug-likeness (QED) is 0.209. The van der Waals surface area contributed by atoms with Gasteiger partial charge in [-0.25, -0.2) is 0 Å². The van der Waals surface area contributed by atoms with Gasteiger partial charge in [-0.05, 0) is 79.6 Å². The fourth-order valence-electron chi connectivity index (χ4n) is 3.77. The number of halogens is 13. The maximum atomic E-state index is 13.6. The lowest BCUT2D eigenvalue weighted by Gasteiger charge is -2.24. The Balaban J connectivity index is 2.54. The van der Waals surface area contributed by atoms with E-state index in [1.807, 2.05) is 0 Å². The minimum atomic E-state index is -5.34. The molecule has 0 aliphatic carbocycles. The second-order valence-corrected chi connectivity index (χ2v) is 12.7. The molecule has 0 aliphatic heterocycles. The van der Waals surface area contributed by atoms with Crippen LogP contribution in [0.15, 0.2) is 54.6 Å². The Labute approximate surface area is 213 Å². The fraction of sp³-hybridized carbons (Fsp3) is 0.250. The van der Waals surface area contributed by atoms with Crippen LogP contribution in [0.25, 0.3) is 0 Å². The Morgan fingerprint density at radius 1 is 0.421 bits per heavy atom. The Bertz CT molecular complexity index is 1250. The maximum Gasteiger partial charge on any atom is 0.416 e. The number of aryl methyl sites for hydroxylation is 2. The van der Waals surface area contributed by atoms with Crippen LogP contribution in [0.5, 0.6) is 0 Å². The standard InChI is InChI=1S/C24H15ClF12P/c1-12-3-14(21(26,27)28)8-18(5-12)38(25,19-6-13(2)4-15(9-19)22(29,30)31)20-10-16(23(32,33)34)7-17(11-20)24(35,36)37/h3-11H,1-2H3/q+1. The minimum Gasteiger partial charge on any atom is -0.166 e. The van der Waals surface area contributed by atoms with Gasteiger partial charge in [0.05, 0.1) is 22.3 Å². The van der Waals surface area contributed by atoms with Crippen LogP contribution in [-0.2, 0) is 24.7 Å². The molecule has 0 heterocycles. The predicted molar refractivity (Wildman–Crippen MR) is 120 cm³/mol. The predicted octanol–water partition coefficient (Wildman–Crippen LogP) is 8.83. The van der Waals surface area contributed by atoms with E-state index in [9.17, 15) is 52.7 Å². The van der Waals surface area contributed by atoms with Crippen LogP contribution in [0, 0.1) is 13.8 Å². The monoisotopic (exact) mass is 597 g/mol. The van der Waals surface area contributed by atoms with E-state index in [4.69, 9.17) is 11.2 Å². The summed E-state index contributed by atoms with van der Waals surface area (Å²) in [5.74, 6) is 0. The molecule has 0 spiro atoms. The van der Waals surface area contributed by atoms with Crippen molar-refractivity contribution in [3.8, 4) is 0 Å². The van der Waals surface area contributed by atoms with Crippen LogP contribution in [0.3, 0.4) is 0 Å². The van der Waals surface area contributed by atoms with E-state index in [0.29, 0.717) is 24.3 Å². The molecule has 0 bridgehead atoms. The van der Waals surface area contributed by atoms with Crippen molar-refractivity contribution in [3.05, 3.63) is 88.0 Å². The Morgan fingerprint density at radius 3 is 0.921 bits per heavy atom. The molecule has 38 heavy (non-hydrogen) atoms. The zero-order chi connectivity index (χ0) is 29.1. The fourth-order valence-corrected chi connectivity index (χ4v) is 7.58. The molecule has 3 rings (SSSR count). The van der Waals surface area contributed by atoms with Crippen molar-refractivity contribution in [1.82, 2.24) is 0 Å². The van der Waals surface area contributed by atoms with Crippen LogP contribution in [0.2, 0.25) is 0 Å². The summed E-state index contributed by atoms with van der Waals surface area (Å²) in [4.78, 5) is 0. The lowest BCUT2D eigenvalue weighted by atomic mass is 10.1. The maximum absolute atomic E-state index is 13.6. The van der Waals surface area contributed by atoms with Crippen molar-refractivity contribution in [3.63, 3.8) is 0 Å². The largest absolute Gasteiger partial charge is 0.416 e. The molecule has 3 aromatic rings. The van der Waals surface area contributed by atoms with Gasteiger partial charge < -0.3 is 0 Å². The summed E-state index contributed by atoms with van der Waals surface area (Å²) in [5, 5.41) is -2.06.